The van der Waals surface area contributed by atoms with Crippen LogP contribution in [0.4, 0.5) is 0 Å². The number of H-pyrrole nitrogens is 2. The van der Waals surface area contributed by atoms with Gasteiger partial charge in [-0.2, -0.15) is 0 Å². The van der Waals surface area contributed by atoms with E-state index in [0.717, 1.165) is 16.7 Å². The minimum absolute atomic E-state index is 0.126. The van der Waals surface area contributed by atoms with Crippen molar-refractivity contribution in [2.24, 2.45) is 0 Å². The average molecular weight is 262 g/mol. The highest BCUT2D eigenvalue weighted by molar-refractivity contribution is 6.51. The maximum atomic E-state index is 7.87. The topological polar surface area (TPSA) is 105 Å². The van der Waals surface area contributed by atoms with Gasteiger partial charge in [0.1, 0.15) is 11.4 Å². The standard InChI is InChI=1S/C14H10N6/c15-7-5-6-10-12(11(7)16)20-14(19-10)13-17-8-3-1-2-4-9(8)18-13/h1-6,15-16H,(H,17,18)(H,19,20). The highest BCUT2D eigenvalue weighted by Crippen LogP contribution is 2.22. The molecule has 0 unspecified atom stereocenters. The van der Waals surface area contributed by atoms with Gasteiger partial charge in [-0.25, -0.2) is 9.97 Å². The summed E-state index contributed by atoms with van der Waals surface area (Å²) in [7, 11) is 0. The third-order valence-electron chi connectivity index (χ3n) is 3.27. The van der Waals surface area contributed by atoms with E-state index < -0.39 is 0 Å². The smallest absolute Gasteiger partial charge is 0.174 e. The molecule has 0 atom stereocenters. The molecule has 96 valence electrons. The molecule has 2 heterocycles. The maximum Gasteiger partial charge on any atom is 0.174 e. The third-order valence-corrected chi connectivity index (χ3v) is 3.27. The molecule has 0 fully saturated rings. The van der Waals surface area contributed by atoms with E-state index in [0.29, 0.717) is 17.3 Å². The lowest BCUT2D eigenvalue weighted by Gasteiger charge is -2.04. The molecule has 0 saturated carbocycles. The van der Waals surface area contributed by atoms with Gasteiger partial charge < -0.3 is 9.97 Å². The first kappa shape index (κ1) is 10.9. The van der Waals surface area contributed by atoms with Gasteiger partial charge in [0.2, 0.25) is 0 Å². The quantitative estimate of drug-likeness (QED) is 0.540. The molecule has 3 aromatic rings. The summed E-state index contributed by atoms with van der Waals surface area (Å²) in [6.45, 7) is 0. The zero-order valence-corrected chi connectivity index (χ0v) is 10.4. The Morgan fingerprint density at radius 1 is 0.900 bits per heavy atom. The Labute approximate surface area is 113 Å². The van der Waals surface area contributed by atoms with Crippen molar-refractivity contribution in [1.29, 1.82) is 10.8 Å². The molecule has 0 spiro atoms. The van der Waals surface area contributed by atoms with Crippen LogP contribution in [0.3, 0.4) is 0 Å². The van der Waals surface area contributed by atoms with E-state index in [1.54, 1.807) is 12.2 Å². The number of hydrogen-bond acceptors (Lipinski definition) is 4. The molecule has 2 aromatic heterocycles. The first-order valence-electron chi connectivity index (χ1n) is 6.13. The van der Waals surface area contributed by atoms with Crippen LogP contribution in [-0.2, 0) is 0 Å². The molecule has 4 N–H and O–H groups in total. The van der Waals surface area contributed by atoms with Gasteiger partial charge in [-0.1, -0.05) is 12.1 Å². The number of nitrogens with one attached hydrogen (secondary N) is 4. The molecule has 20 heavy (non-hydrogen) atoms. The largest absolute Gasteiger partial charge is 0.335 e. The van der Waals surface area contributed by atoms with E-state index in [9.17, 15) is 0 Å². The fourth-order valence-corrected chi connectivity index (χ4v) is 2.25. The summed E-state index contributed by atoms with van der Waals surface area (Å²) in [5.41, 5.74) is 3.33. The lowest BCUT2D eigenvalue weighted by Crippen LogP contribution is -2.15. The second-order valence-corrected chi connectivity index (χ2v) is 4.57. The highest BCUT2D eigenvalue weighted by Gasteiger charge is 2.20. The number of hydrogen-bond donors (Lipinski definition) is 4. The fraction of sp³-hybridized carbons (Fsp3) is 0. The second kappa shape index (κ2) is 3.74. The summed E-state index contributed by atoms with van der Waals surface area (Å²) < 4.78 is 0. The van der Waals surface area contributed by atoms with Gasteiger partial charge in [-0.05, 0) is 24.3 Å². The SMILES string of the molecule is N=C1C=Cc2[nH]c(-c3nc4ccccc4[nH]3)nc2C1=N. The monoisotopic (exact) mass is 262 g/mol. The van der Waals surface area contributed by atoms with Gasteiger partial charge in [-0.3, -0.25) is 10.8 Å². The molecular weight excluding hydrogens is 252 g/mol. The van der Waals surface area contributed by atoms with Gasteiger partial charge in [0.25, 0.3) is 0 Å². The van der Waals surface area contributed by atoms with E-state index >= 15 is 0 Å². The van der Waals surface area contributed by atoms with Crippen molar-refractivity contribution < 1.29 is 0 Å². The number of imidazole rings is 2. The molecular formula is C14H10N6. The molecule has 0 aliphatic heterocycles. The molecule has 1 aliphatic carbocycles. The number of benzene rings is 1. The Balaban J connectivity index is 1.88. The lowest BCUT2D eigenvalue weighted by atomic mass is 10.0. The average Bonchev–Trinajstić information content (AvgIpc) is 3.06. The molecule has 6 heteroatoms. The predicted octanol–water partition coefficient (Wildman–Crippen LogP) is 2.37. The number of allylic oxidation sites excluding steroid dienone is 1. The molecule has 0 bridgehead atoms. The summed E-state index contributed by atoms with van der Waals surface area (Å²) in [6, 6.07) is 7.75. The van der Waals surface area contributed by atoms with Crippen molar-refractivity contribution >= 4 is 28.5 Å². The van der Waals surface area contributed by atoms with Crippen LogP contribution in [0.5, 0.6) is 0 Å². The lowest BCUT2D eigenvalue weighted by molar-refractivity contribution is 1.20. The molecule has 4 rings (SSSR count). The first-order chi connectivity index (χ1) is 9.72. The van der Waals surface area contributed by atoms with Gasteiger partial charge in [0, 0.05) is 0 Å². The van der Waals surface area contributed by atoms with E-state index in [1.807, 2.05) is 24.3 Å². The van der Waals surface area contributed by atoms with Crippen LogP contribution in [-0.4, -0.2) is 31.4 Å². The maximum absolute atomic E-state index is 7.87. The summed E-state index contributed by atoms with van der Waals surface area (Å²) in [5.74, 6) is 1.21. The minimum atomic E-state index is 0.126. The predicted molar refractivity (Wildman–Crippen MR) is 77.3 cm³/mol. The zero-order chi connectivity index (χ0) is 13.7. The number of para-hydroxylation sites is 2. The van der Waals surface area contributed by atoms with Crippen molar-refractivity contribution in [2.75, 3.05) is 0 Å². The summed E-state index contributed by atoms with van der Waals surface area (Å²) in [5, 5.41) is 15.5. The van der Waals surface area contributed by atoms with Crippen LogP contribution >= 0.6 is 0 Å². The second-order valence-electron chi connectivity index (χ2n) is 4.57. The van der Waals surface area contributed by atoms with Crippen LogP contribution in [0.25, 0.3) is 28.8 Å². The van der Waals surface area contributed by atoms with Crippen molar-refractivity contribution in [2.45, 2.75) is 0 Å². The van der Waals surface area contributed by atoms with Gasteiger partial charge in [0.05, 0.1) is 22.4 Å². The van der Waals surface area contributed by atoms with E-state index in [-0.39, 0.29) is 11.4 Å². The van der Waals surface area contributed by atoms with Crippen molar-refractivity contribution in [3.63, 3.8) is 0 Å². The Morgan fingerprint density at radius 3 is 2.55 bits per heavy atom. The van der Waals surface area contributed by atoms with Crippen LogP contribution in [0.15, 0.2) is 30.3 Å². The van der Waals surface area contributed by atoms with Gasteiger partial charge in [-0.15, -0.1) is 0 Å². The van der Waals surface area contributed by atoms with E-state index in [4.69, 9.17) is 10.8 Å². The summed E-state index contributed by atoms with van der Waals surface area (Å²) in [4.78, 5) is 15.2. The minimum Gasteiger partial charge on any atom is -0.335 e. The molecule has 1 aliphatic rings. The van der Waals surface area contributed by atoms with Crippen molar-refractivity contribution in [3.8, 4) is 11.6 Å². The molecule has 0 amide bonds. The Kier molecular flexibility index (Phi) is 2.03. The summed E-state index contributed by atoms with van der Waals surface area (Å²) in [6.07, 6.45) is 3.35. The number of aromatic amines is 2. The molecule has 0 radical (unpaired) electrons. The Morgan fingerprint density at radius 2 is 1.70 bits per heavy atom. The molecule has 0 saturated heterocycles. The van der Waals surface area contributed by atoms with Gasteiger partial charge in [0.15, 0.2) is 11.6 Å². The summed E-state index contributed by atoms with van der Waals surface area (Å²) >= 11 is 0. The third kappa shape index (κ3) is 1.45. The van der Waals surface area contributed by atoms with E-state index in [2.05, 4.69) is 19.9 Å². The Bertz CT molecular complexity index is 862. The molecule has 6 nitrogen and oxygen atoms in total. The number of rotatable bonds is 1. The van der Waals surface area contributed by atoms with Crippen molar-refractivity contribution in [3.05, 3.63) is 41.7 Å². The number of aromatic nitrogens is 4. The van der Waals surface area contributed by atoms with Crippen LogP contribution in [0.1, 0.15) is 11.4 Å². The normalized spacial score (nSPS) is 14.0. The Hall–Kier alpha value is -3.02. The molecule has 1 aromatic carbocycles. The number of nitrogens with zero attached hydrogens (tertiary/aromatic N) is 2. The van der Waals surface area contributed by atoms with Crippen LogP contribution < -0.4 is 0 Å². The number of fused-ring (bicyclic) bond motifs is 2. The fourth-order valence-electron chi connectivity index (χ4n) is 2.25. The van der Waals surface area contributed by atoms with E-state index in [1.165, 1.54) is 0 Å². The zero-order valence-electron chi connectivity index (χ0n) is 10.4. The highest BCUT2D eigenvalue weighted by atomic mass is 15.0. The first-order valence-corrected chi connectivity index (χ1v) is 6.13. The van der Waals surface area contributed by atoms with Crippen LogP contribution in [0, 0.1) is 10.8 Å². The van der Waals surface area contributed by atoms with Crippen molar-refractivity contribution in [1.82, 2.24) is 19.9 Å². The van der Waals surface area contributed by atoms with Crippen LogP contribution in [0.2, 0.25) is 0 Å². The van der Waals surface area contributed by atoms with Gasteiger partial charge >= 0.3 is 0 Å².